The highest BCUT2D eigenvalue weighted by atomic mass is 16.2. The van der Waals surface area contributed by atoms with Crippen LogP contribution in [0, 0.1) is 6.92 Å². The molecule has 1 aromatic rings. The average Bonchev–Trinajstić information content (AvgIpc) is 2.06. The summed E-state index contributed by atoms with van der Waals surface area (Å²) in [6.07, 6.45) is 1.39. The molecule has 1 aromatic carbocycles. The fourth-order valence-electron chi connectivity index (χ4n) is 0.932. The number of aryl methyl sites for hydroxylation is 2. The van der Waals surface area contributed by atoms with Gasteiger partial charge in [-0.15, -0.1) is 0 Å². The molecular weight excluding hydrogens is 152 g/mol. The van der Waals surface area contributed by atoms with E-state index in [0.29, 0.717) is 0 Å². The highest BCUT2D eigenvalue weighted by molar-refractivity contribution is 5.21. The van der Waals surface area contributed by atoms with Gasteiger partial charge in [0.1, 0.15) is 0 Å². The SMILES string of the molecule is CCc1cccc(C)c1.O=C=O. The summed E-state index contributed by atoms with van der Waals surface area (Å²) in [6.45, 7) is 4.30. The molecule has 1 rings (SSSR count). The zero-order chi connectivity index (χ0) is 9.40. The summed E-state index contributed by atoms with van der Waals surface area (Å²) in [4.78, 5) is 16.2. The largest absolute Gasteiger partial charge is 0.373 e. The van der Waals surface area contributed by atoms with Crippen LogP contribution in [-0.4, -0.2) is 6.15 Å². The molecule has 0 aliphatic heterocycles. The Kier molecular flexibility index (Phi) is 5.58. The second-order valence-corrected chi connectivity index (χ2v) is 2.43. The summed E-state index contributed by atoms with van der Waals surface area (Å²) >= 11 is 0. The van der Waals surface area contributed by atoms with Crippen LogP contribution in [0.4, 0.5) is 0 Å². The topological polar surface area (TPSA) is 34.1 Å². The third kappa shape index (κ3) is 4.42. The van der Waals surface area contributed by atoms with Gasteiger partial charge in [-0.3, -0.25) is 0 Å². The van der Waals surface area contributed by atoms with Crippen molar-refractivity contribution in [2.75, 3.05) is 0 Å². The Morgan fingerprint density at radius 2 is 1.92 bits per heavy atom. The first-order chi connectivity index (χ1) is 5.74. The minimum absolute atomic E-state index is 0.250. The van der Waals surface area contributed by atoms with Crippen molar-refractivity contribution in [2.45, 2.75) is 20.3 Å². The second-order valence-electron chi connectivity index (χ2n) is 2.43. The van der Waals surface area contributed by atoms with Crippen LogP contribution >= 0.6 is 0 Å². The van der Waals surface area contributed by atoms with E-state index in [0.717, 1.165) is 6.42 Å². The molecule has 0 radical (unpaired) electrons. The Bertz CT molecular complexity index is 260. The summed E-state index contributed by atoms with van der Waals surface area (Å²) in [6, 6.07) is 8.61. The molecule has 0 aliphatic rings. The fourth-order valence-corrected chi connectivity index (χ4v) is 0.932. The van der Waals surface area contributed by atoms with E-state index in [4.69, 9.17) is 9.59 Å². The molecule has 64 valence electrons. The van der Waals surface area contributed by atoms with E-state index < -0.39 is 0 Å². The van der Waals surface area contributed by atoms with E-state index in [9.17, 15) is 0 Å². The van der Waals surface area contributed by atoms with Crippen LogP contribution in [0.25, 0.3) is 0 Å². The summed E-state index contributed by atoms with van der Waals surface area (Å²) in [7, 11) is 0. The molecule has 0 spiro atoms. The van der Waals surface area contributed by atoms with Crippen molar-refractivity contribution in [3.05, 3.63) is 35.4 Å². The van der Waals surface area contributed by atoms with Gasteiger partial charge in [0.15, 0.2) is 0 Å². The minimum Gasteiger partial charge on any atom is -0.186 e. The van der Waals surface area contributed by atoms with Crippen LogP contribution in [0.15, 0.2) is 24.3 Å². The van der Waals surface area contributed by atoms with Crippen LogP contribution in [0.1, 0.15) is 18.1 Å². The van der Waals surface area contributed by atoms with Gasteiger partial charge in [0.05, 0.1) is 0 Å². The molecule has 0 aliphatic carbocycles. The smallest absolute Gasteiger partial charge is 0.186 e. The number of carbonyl (C=O) groups excluding carboxylic acids is 2. The number of rotatable bonds is 1. The maximum Gasteiger partial charge on any atom is 0.373 e. The van der Waals surface area contributed by atoms with E-state index in [2.05, 4.69) is 38.1 Å². The summed E-state index contributed by atoms with van der Waals surface area (Å²) in [5.41, 5.74) is 2.78. The van der Waals surface area contributed by atoms with Crippen molar-refractivity contribution >= 4 is 6.15 Å². The molecule has 0 aromatic heterocycles. The lowest BCUT2D eigenvalue weighted by Crippen LogP contribution is -1.78. The van der Waals surface area contributed by atoms with Gasteiger partial charge in [-0.1, -0.05) is 36.8 Å². The van der Waals surface area contributed by atoms with E-state index in [-0.39, 0.29) is 6.15 Å². The molecule has 0 N–H and O–H groups in total. The third-order valence-corrected chi connectivity index (χ3v) is 1.49. The number of hydrogen-bond donors (Lipinski definition) is 0. The average molecular weight is 164 g/mol. The van der Waals surface area contributed by atoms with Gasteiger partial charge in [0, 0.05) is 0 Å². The molecule has 2 nitrogen and oxygen atoms in total. The zero-order valence-electron chi connectivity index (χ0n) is 7.33. The monoisotopic (exact) mass is 164 g/mol. The first kappa shape index (κ1) is 10.6. The molecule has 0 saturated heterocycles. The van der Waals surface area contributed by atoms with Crippen molar-refractivity contribution in [2.24, 2.45) is 0 Å². The van der Waals surface area contributed by atoms with E-state index in [1.165, 1.54) is 11.1 Å². The Labute approximate surface area is 72.2 Å². The summed E-state index contributed by atoms with van der Waals surface area (Å²) in [5, 5.41) is 0. The van der Waals surface area contributed by atoms with Gasteiger partial charge in [-0.05, 0) is 18.9 Å². The molecule has 0 bridgehead atoms. The lowest BCUT2D eigenvalue weighted by Gasteiger charge is -1.95. The summed E-state index contributed by atoms with van der Waals surface area (Å²) < 4.78 is 0. The van der Waals surface area contributed by atoms with Crippen molar-refractivity contribution < 1.29 is 9.59 Å². The maximum absolute atomic E-state index is 8.12. The Balaban J connectivity index is 0.000000354. The standard InChI is InChI=1S/C9H12.CO2/c1-3-9-6-4-5-8(2)7-9;2-1-3/h4-7H,3H2,1-2H3;. The van der Waals surface area contributed by atoms with Gasteiger partial charge >= 0.3 is 6.15 Å². The van der Waals surface area contributed by atoms with Crippen molar-refractivity contribution in [3.8, 4) is 0 Å². The molecule has 0 heterocycles. The molecule has 0 amide bonds. The van der Waals surface area contributed by atoms with E-state index in [1.807, 2.05) is 0 Å². The highest BCUT2D eigenvalue weighted by Gasteiger charge is 1.85. The molecule has 0 unspecified atom stereocenters. The maximum atomic E-state index is 8.12. The third-order valence-electron chi connectivity index (χ3n) is 1.49. The normalized spacial score (nSPS) is 7.83. The van der Waals surface area contributed by atoms with Gasteiger partial charge in [0.2, 0.25) is 0 Å². The predicted molar refractivity (Wildman–Crippen MR) is 45.6 cm³/mol. The lowest BCUT2D eigenvalue weighted by molar-refractivity contribution is -0.191. The molecule has 2 heteroatoms. The van der Waals surface area contributed by atoms with Crippen molar-refractivity contribution in [3.63, 3.8) is 0 Å². The predicted octanol–water partition coefficient (Wildman–Crippen LogP) is 1.97. The van der Waals surface area contributed by atoms with Crippen LogP contribution in [0.5, 0.6) is 0 Å². The second kappa shape index (κ2) is 6.32. The molecule has 12 heavy (non-hydrogen) atoms. The van der Waals surface area contributed by atoms with Crippen LogP contribution in [-0.2, 0) is 16.0 Å². The Hall–Kier alpha value is -1.40. The van der Waals surface area contributed by atoms with Crippen molar-refractivity contribution in [1.29, 1.82) is 0 Å². The van der Waals surface area contributed by atoms with Gasteiger partial charge in [-0.25, -0.2) is 0 Å². The fraction of sp³-hybridized carbons (Fsp3) is 0.300. The Morgan fingerprint density at radius 3 is 2.25 bits per heavy atom. The molecule has 0 saturated carbocycles. The van der Waals surface area contributed by atoms with Crippen LogP contribution < -0.4 is 0 Å². The van der Waals surface area contributed by atoms with Crippen molar-refractivity contribution in [1.82, 2.24) is 0 Å². The highest BCUT2D eigenvalue weighted by Crippen LogP contribution is 2.03. The van der Waals surface area contributed by atoms with Gasteiger partial charge in [-0.2, -0.15) is 9.59 Å². The quantitative estimate of drug-likeness (QED) is 0.636. The molecule has 0 fully saturated rings. The summed E-state index contributed by atoms with van der Waals surface area (Å²) in [5.74, 6) is 0. The van der Waals surface area contributed by atoms with Gasteiger partial charge < -0.3 is 0 Å². The van der Waals surface area contributed by atoms with Gasteiger partial charge in [0.25, 0.3) is 0 Å². The molecule has 0 atom stereocenters. The number of hydrogen-bond acceptors (Lipinski definition) is 2. The van der Waals surface area contributed by atoms with Crippen LogP contribution in [0.3, 0.4) is 0 Å². The number of benzene rings is 1. The van der Waals surface area contributed by atoms with E-state index in [1.54, 1.807) is 0 Å². The first-order valence-corrected chi connectivity index (χ1v) is 3.79. The zero-order valence-corrected chi connectivity index (χ0v) is 7.33. The Morgan fingerprint density at radius 1 is 1.33 bits per heavy atom. The van der Waals surface area contributed by atoms with E-state index >= 15 is 0 Å². The lowest BCUT2D eigenvalue weighted by atomic mass is 10.1. The minimum atomic E-state index is 0.250. The molecular formula is C10H12O2. The first-order valence-electron chi connectivity index (χ1n) is 3.79. The van der Waals surface area contributed by atoms with Crippen LogP contribution in [0.2, 0.25) is 0 Å².